The van der Waals surface area contributed by atoms with Gasteiger partial charge in [-0.15, -0.1) is 0 Å². The number of fused-ring (bicyclic) bond motifs is 1. The molecule has 5 aromatic carbocycles. The van der Waals surface area contributed by atoms with Gasteiger partial charge < -0.3 is 0 Å². The molecule has 3 nitrogen and oxygen atoms in total. The molecule has 0 spiro atoms. The van der Waals surface area contributed by atoms with Crippen LogP contribution in [0.2, 0.25) is 0 Å². The summed E-state index contributed by atoms with van der Waals surface area (Å²) < 4.78 is 0. The van der Waals surface area contributed by atoms with E-state index < -0.39 is 0 Å². The average molecular weight is 660 g/mol. The van der Waals surface area contributed by atoms with Crippen molar-refractivity contribution in [1.82, 2.24) is 4.98 Å². The van der Waals surface area contributed by atoms with Crippen molar-refractivity contribution in [1.29, 1.82) is 0 Å². The molecule has 0 saturated heterocycles. The summed E-state index contributed by atoms with van der Waals surface area (Å²) in [5.74, 6) is 0. The third-order valence-corrected chi connectivity index (χ3v) is 8.86. The normalized spacial score (nSPS) is 12.7. The lowest BCUT2D eigenvalue weighted by Crippen LogP contribution is -2.02. The van der Waals surface area contributed by atoms with Crippen molar-refractivity contribution in [3.8, 4) is 11.1 Å². The molecule has 0 fully saturated rings. The van der Waals surface area contributed by atoms with Crippen molar-refractivity contribution >= 4 is 34.9 Å². The molecule has 0 N–H and O–H groups in total. The Labute approximate surface area is 301 Å². The van der Waals surface area contributed by atoms with Crippen LogP contribution >= 0.6 is 0 Å². The van der Waals surface area contributed by atoms with Crippen LogP contribution in [0, 0.1) is 6.92 Å². The first-order valence-corrected chi connectivity index (χ1v) is 17.1. The number of hydrogen-bond donors (Lipinski definition) is 0. The first-order chi connectivity index (χ1) is 25.1. The van der Waals surface area contributed by atoms with Crippen LogP contribution in [0.1, 0.15) is 40.3 Å². The Bertz CT molecular complexity index is 2320. The van der Waals surface area contributed by atoms with Crippen LogP contribution in [-0.4, -0.2) is 17.4 Å². The molecule has 6 rings (SSSR count). The summed E-state index contributed by atoms with van der Waals surface area (Å²) in [6.07, 6.45) is 15.5. The molecule has 0 bridgehead atoms. The van der Waals surface area contributed by atoms with Crippen molar-refractivity contribution in [2.45, 2.75) is 20.4 Å². The predicted octanol–water partition coefficient (Wildman–Crippen LogP) is 12.1. The minimum absolute atomic E-state index is 0.513. The Balaban J connectivity index is 1.39. The summed E-state index contributed by atoms with van der Waals surface area (Å²) >= 11 is 0. The Morgan fingerprint density at radius 1 is 0.765 bits per heavy atom. The molecule has 0 aliphatic rings. The third-order valence-electron chi connectivity index (χ3n) is 8.86. The average Bonchev–Trinajstić information content (AvgIpc) is 3.18. The van der Waals surface area contributed by atoms with Gasteiger partial charge >= 0.3 is 0 Å². The topological polar surface area (TPSA) is 37.6 Å². The van der Waals surface area contributed by atoms with Crippen molar-refractivity contribution in [3.05, 3.63) is 221 Å². The van der Waals surface area contributed by atoms with E-state index in [1.54, 1.807) is 12.3 Å². The highest BCUT2D eigenvalue weighted by molar-refractivity contribution is 6.09. The molecule has 51 heavy (non-hydrogen) atoms. The number of benzene rings is 5. The number of allylic oxidation sites excluding steroid dienone is 5. The van der Waals surface area contributed by atoms with Crippen molar-refractivity contribution in [2.24, 2.45) is 9.98 Å². The van der Waals surface area contributed by atoms with E-state index in [-0.39, 0.29) is 0 Å². The summed E-state index contributed by atoms with van der Waals surface area (Å²) in [6.45, 7) is 12.7. The molecule has 0 aliphatic carbocycles. The molecule has 6 aromatic rings. The summed E-state index contributed by atoms with van der Waals surface area (Å²) in [7, 11) is 0. The minimum atomic E-state index is 0.513. The van der Waals surface area contributed by atoms with E-state index in [0.29, 0.717) is 12.2 Å². The van der Waals surface area contributed by atoms with Crippen LogP contribution in [0.4, 0.5) is 0 Å². The second-order valence-corrected chi connectivity index (χ2v) is 12.2. The minimum Gasteiger partial charge on any atom is -0.280 e. The summed E-state index contributed by atoms with van der Waals surface area (Å²) in [6, 6.07) is 44.7. The molecule has 1 aromatic heterocycles. The number of rotatable bonds is 12. The maximum absolute atomic E-state index is 5.19. The summed E-state index contributed by atoms with van der Waals surface area (Å²) in [5.41, 5.74) is 12.7. The molecule has 0 amide bonds. The lowest BCUT2D eigenvalue weighted by Gasteiger charge is -2.16. The van der Waals surface area contributed by atoms with Gasteiger partial charge in [0.2, 0.25) is 0 Å². The van der Waals surface area contributed by atoms with E-state index in [2.05, 4.69) is 158 Å². The fraction of sp³-hybridized carbons (Fsp3) is 0.0625. The standard InChI is InChI=1S/C48H41N3/c1-5-14-40(25-22-36-16-13-30-50-33-36)47(49-4)32-48(51-34-37-23-24-38-17-8-9-18-42(38)31-37)41-28-26-39(27-29-41)43(6-2)45-20-11-12-21-46(45)44-19-10-7-15-35(44)3/h5-33H,1,4,34H2,2-3H3/b25-22+,40-14+,43-6-,47-32-,51-48?. The molecule has 0 aliphatic heterocycles. The van der Waals surface area contributed by atoms with E-state index in [0.717, 1.165) is 33.5 Å². The highest BCUT2D eigenvalue weighted by atomic mass is 14.8. The van der Waals surface area contributed by atoms with E-state index in [4.69, 9.17) is 4.99 Å². The van der Waals surface area contributed by atoms with Crippen molar-refractivity contribution in [3.63, 3.8) is 0 Å². The number of aromatic nitrogens is 1. The zero-order valence-corrected chi connectivity index (χ0v) is 29.2. The van der Waals surface area contributed by atoms with Gasteiger partial charge in [-0.1, -0.05) is 152 Å². The quantitative estimate of drug-likeness (QED) is 0.0951. The molecular formula is C48H41N3. The van der Waals surface area contributed by atoms with Gasteiger partial charge in [-0.3, -0.25) is 15.0 Å². The second-order valence-electron chi connectivity index (χ2n) is 12.2. The van der Waals surface area contributed by atoms with Gasteiger partial charge in [0.1, 0.15) is 0 Å². The van der Waals surface area contributed by atoms with Gasteiger partial charge in [-0.25, -0.2) is 0 Å². The zero-order chi connectivity index (χ0) is 35.4. The predicted molar refractivity (Wildman–Crippen MR) is 219 cm³/mol. The van der Waals surface area contributed by atoms with Crippen molar-refractivity contribution in [2.75, 3.05) is 0 Å². The zero-order valence-electron chi connectivity index (χ0n) is 29.2. The second kappa shape index (κ2) is 16.8. The van der Waals surface area contributed by atoms with Crippen LogP contribution in [-0.2, 0) is 6.54 Å². The smallest absolute Gasteiger partial charge is 0.0716 e. The molecule has 0 atom stereocenters. The van der Waals surface area contributed by atoms with Gasteiger partial charge in [0.15, 0.2) is 0 Å². The number of nitrogens with zero attached hydrogens (tertiary/aromatic N) is 3. The first-order valence-electron chi connectivity index (χ1n) is 17.1. The molecule has 0 saturated carbocycles. The Morgan fingerprint density at radius 2 is 1.49 bits per heavy atom. The molecule has 248 valence electrons. The fourth-order valence-electron chi connectivity index (χ4n) is 6.22. The van der Waals surface area contributed by atoms with Gasteiger partial charge in [0.05, 0.1) is 18.0 Å². The molecular weight excluding hydrogens is 619 g/mol. The SMILES string of the molecule is C=C/C=C(\C=C\c1cccnc1)C(=C/C(=NCc1ccc2ccccc2c1)c1ccc(/C(=C/C)c2ccccc2-c2ccccc2C)cc1)/N=C. The maximum Gasteiger partial charge on any atom is 0.0716 e. The van der Waals surface area contributed by atoms with Crippen LogP contribution in [0.25, 0.3) is 33.5 Å². The largest absolute Gasteiger partial charge is 0.280 e. The lowest BCUT2D eigenvalue weighted by atomic mass is 9.88. The van der Waals surface area contributed by atoms with Gasteiger partial charge in [-0.05, 0) is 99.6 Å². The van der Waals surface area contributed by atoms with Crippen LogP contribution in [0.5, 0.6) is 0 Å². The number of aryl methyl sites for hydroxylation is 1. The van der Waals surface area contributed by atoms with Crippen LogP contribution in [0.15, 0.2) is 198 Å². The third kappa shape index (κ3) is 8.41. The van der Waals surface area contributed by atoms with E-state index in [1.807, 2.05) is 42.6 Å². The highest BCUT2D eigenvalue weighted by Gasteiger charge is 2.13. The summed E-state index contributed by atoms with van der Waals surface area (Å²) in [5, 5.41) is 2.41. The molecule has 0 radical (unpaired) electrons. The highest BCUT2D eigenvalue weighted by Crippen LogP contribution is 2.34. The maximum atomic E-state index is 5.19. The van der Waals surface area contributed by atoms with Gasteiger partial charge in [-0.2, -0.15) is 0 Å². The fourth-order valence-corrected chi connectivity index (χ4v) is 6.22. The Hall–Kier alpha value is -6.45. The van der Waals surface area contributed by atoms with Gasteiger partial charge in [0.25, 0.3) is 0 Å². The Morgan fingerprint density at radius 3 is 2.22 bits per heavy atom. The number of aliphatic imine (C=N–C) groups is 2. The number of hydrogen-bond acceptors (Lipinski definition) is 3. The van der Waals surface area contributed by atoms with Crippen molar-refractivity contribution < 1.29 is 0 Å². The molecule has 1 heterocycles. The molecule has 0 unspecified atom stereocenters. The Kier molecular flexibility index (Phi) is 11.3. The summed E-state index contributed by atoms with van der Waals surface area (Å²) in [4.78, 5) is 13.9. The molecule has 3 heteroatoms. The number of pyridine rings is 1. The van der Waals surface area contributed by atoms with Crippen LogP contribution in [0.3, 0.4) is 0 Å². The lowest BCUT2D eigenvalue weighted by molar-refractivity contribution is 1.07. The van der Waals surface area contributed by atoms with E-state index in [1.165, 1.54) is 38.6 Å². The van der Waals surface area contributed by atoms with E-state index >= 15 is 0 Å². The van der Waals surface area contributed by atoms with Crippen LogP contribution < -0.4 is 0 Å². The van der Waals surface area contributed by atoms with E-state index in [9.17, 15) is 0 Å². The van der Waals surface area contributed by atoms with Gasteiger partial charge in [0, 0.05) is 18.0 Å². The monoisotopic (exact) mass is 659 g/mol. The first kappa shape index (κ1) is 34.4.